The fourth-order valence-corrected chi connectivity index (χ4v) is 2.42. The Hall–Kier alpha value is -2.16. The molecule has 1 aromatic heterocycles. The van der Waals surface area contributed by atoms with Gasteiger partial charge in [-0.15, -0.1) is 11.3 Å². The molecular formula is C13H19N3O5S. The number of hydrogen-bond donors (Lipinski definition) is 3. The molecule has 0 aliphatic rings. The van der Waals surface area contributed by atoms with Gasteiger partial charge in [-0.1, -0.05) is 0 Å². The van der Waals surface area contributed by atoms with Crippen LogP contribution in [0.1, 0.15) is 55.2 Å². The van der Waals surface area contributed by atoms with Crippen molar-refractivity contribution in [1.82, 2.24) is 10.3 Å². The zero-order valence-corrected chi connectivity index (χ0v) is 13.4. The highest BCUT2D eigenvalue weighted by molar-refractivity contribution is 7.09. The minimum atomic E-state index is -1.16. The van der Waals surface area contributed by atoms with E-state index in [1.54, 1.807) is 20.8 Å². The van der Waals surface area contributed by atoms with E-state index in [1.807, 2.05) is 0 Å². The molecule has 0 radical (unpaired) electrons. The van der Waals surface area contributed by atoms with Gasteiger partial charge in [-0.2, -0.15) is 0 Å². The lowest BCUT2D eigenvalue weighted by molar-refractivity contribution is -0.118. The van der Waals surface area contributed by atoms with Crippen LogP contribution in [0.25, 0.3) is 0 Å². The lowest BCUT2D eigenvalue weighted by Gasteiger charge is -2.22. The number of ether oxygens (including phenoxy) is 1. The average molecular weight is 329 g/mol. The van der Waals surface area contributed by atoms with Gasteiger partial charge in [0, 0.05) is 11.8 Å². The lowest BCUT2D eigenvalue weighted by atomic mass is 10.1. The molecule has 2 amide bonds. The third kappa shape index (κ3) is 6.08. The number of nitrogens with one attached hydrogen (secondary N) is 1. The molecule has 0 spiro atoms. The maximum absolute atomic E-state index is 11.8. The Morgan fingerprint density at radius 2 is 2.09 bits per heavy atom. The number of carboxylic acids is 1. The Bertz CT molecular complexity index is 564. The predicted molar refractivity (Wildman–Crippen MR) is 79.6 cm³/mol. The Labute approximate surface area is 131 Å². The van der Waals surface area contributed by atoms with Crippen LogP contribution in [0.3, 0.4) is 0 Å². The number of aromatic nitrogens is 1. The molecule has 0 saturated carbocycles. The molecule has 0 unspecified atom stereocenters. The molecule has 122 valence electrons. The second kappa shape index (κ2) is 7.21. The number of aromatic carboxylic acids is 1. The summed E-state index contributed by atoms with van der Waals surface area (Å²) in [5.74, 6) is -1.68. The Morgan fingerprint density at radius 1 is 1.45 bits per heavy atom. The molecule has 1 aromatic rings. The lowest BCUT2D eigenvalue weighted by Crippen LogP contribution is -2.35. The van der Waals surface area contributed by atoms with Crippen LogP contribution in [0, 0.1) is 0 Å². The van der Waals surface area contributed by atoms with Crippen LogP contribution in [0.5, 0.6) is 0 Å². The van der Waals surface area contributed by atoms with E-state index in [0.717, 1.165) is 11.3 Å². The SMILES string of the molecule is CC(C)(C)OC(=O)N[C@H](CCC(N)=O)c1nc(C(=O)O)cs1. The van der Waals surface area contributed by atoms with Crippen LogP contribution in [-0.4, -0.2) is 33.7 Å². The average Bonchev–Trinajstić information content (AvgIpc) is 2.81. The summed E-state index contributed by atoms with van der Waals surface area (Å²) in [7, 11) is 0. The van der Waals surface area contributed by atoms with Crippen molar-refractivity contribution < 1.29 is 24.2 Å². The molecule has 22 heavy (non-hydrogen) atoms. The smallest absolute Gasteiger partial charge is 0.408 e. The molecule has 0 aromatic carbocycles. The number of amides is 2. The second-order valence-electron chi connectivity index (χ2n) is 5.58. The van der Waals surface area contributed by atoms with E-state index in [4.69, 9.17) is 15.6 Å². The molecule has 0 aliphatic carbocycles. The van der Waals surface area contributed by atoms with Crippen molar-refractivity contribution in [2.75, 3.05) is 0 Å². The summed E-state index contributed by atoms with van der Waals surface area (Å²) < 4.78 is 5.15. The van der Waals surface area contributed by atoms with Gasteiger partial charge in [0.15, 0.2) is 5.69 Å². The summed E-state index contributed by atoms with van der Waals surface area (Å²) >= 11 is 1.08. The number of primary amides is 1. The van der Waals surface area contributed by atoms with E-state index in [9.17, 15) is 14.4 Å². The Kier molecular flexibility index (Phi) is 5.86. The highest BCUT2D eigenvalue weighted by Crippen LogP contribution is 2.23. The first-order valence-electron chi connectivity index (χ1n) is 6.55. The fourth-order valence-electron chi connectivity index (χ4n) is 1.54. The van der Waals surface area contributed by atoms with Gasteiger partial charge in [-0.25, -0.2) is 14.6 Å². The summed E-state index contributed by atoms with van der Waals surface area (Å²) in [6.45, 7) is 5.16. The Balaban J connectivity index is 2.85. The number of thiazole rings is 1. The van der Waals surface area contributed by atoms with E-state index in [-0.39, 0.29) is 18.5 Å². The number of carboxylic acid groups (broad SMARTS) is 1. The van der Waals surface area contributed by atoms with Gasteiger partial charge in [0.2, 0.25) is 5.91 Å². The monoisotopic (exact) mass is 329 g/mol. The molecule has 0 bridgehead atoms. The van der Waals surface area contributed by atoms with Gasteiger partial charge in [0.25, 0.3) is 0 Å². The van der Waals surface area contributed by atoms with E-state index in [2.05, 4.69) is 10.3 Å². The fraction of sp³-hybridized carbons (Fsp3) is 0.538. The van der Waals surface area contributed by atoms with Crippen molar-refractivity contribution in [3.63, 3.8) is 0 Å². The number of hydrogen-bond acceptors (Lipinski definition) is 6. The highest BCUT2D eigenvalue weighted by Gasteiger charge is 2.23. The van der Waals surface area contributed by atoms with Crippen molar-refractivity contribution in [3.05, 3.63) is 16.1 Å². The van der Waals surface area contributed by atoms with Crippen molar-refractivity contribution in [2.24, 2.45) is 5.73 Å². The molecule has 1 atom stereocenters. The van der Waals surface area contributed by atoms with E-state index in [0.29, 0.717) is 5.01 Å². The molecule has 0 fully saturated rings. The van der Waals surface area contributed by atoms with Crippen LogP contribution in [0.4, 0.5) is 4.79 Å². The van der Waals surface area contributed by atoms with Crippen molar-refractivity contribution in [3.8, 4) is 0 Å². The number of carbonyl (C=O) groups excluding carboxylic acids is 2. The third-order valence-corrected chi connectivity index (χ3v) is 3.37. The summed E-state index contributed by atoms with van der Waals surface area (Å²) in [6.07, 6.45) is -0.432. The molecule has 0 saturated heterocycles. The summed E-state index contributed by atoms with van der Waals surface area (Å²) in [5, 5.41) is 13.2. The molecule has 8 nitrogen and oxygen atoms in total. The van der Waals surface area contributed by atoms with Crippen molar-refractivity contribution >= 4 is 29.3 Å². The van der Waals surface area contributed by atoms with Crippen molar-refractivity contribution in [1.29, 1.82) is 0 Å². The minimum Gasteiger partial charge on any atom is -0.476 e. The summed E-state index contributed by atoms with van der Waals surface area (Å²) in [6, 6.07) is -0.638. The maximum atomic E-state index is 11.8. The number of rotatable bonds is 6. The van der Waals surface area contributed by atoms with Gasteiger partial charge < -0.3 is 20.9 Å². The van der Waals surface area contributed by atoms with Gasteiger partial charge in [-0.05, 0) is 27.2 Å². The van der Waals surface area contributed by atoms with E-state index in [1.165, 1.54) is 5.38 Å². The first kappa shape index (κ1) is 17.9. The van der Waals surface area contributed by atoms with E-state index >= 15 is 0 Å². The molecule has 0 aliphatic heterocycles. The summed E-state index contributed by atoms with van der Waals surface area (Å²) in [4.78, 5) is 37.6. The first-order valence-corrected chi connectivity index (χ1v) is 7.43. The number of nitrogens with two attached hydrogens (primary N) is 1. The van der Waals surface area contributed by atoms with Gasteiger partial charge >= 0.3 is 12.1 Å². The number of alkyl carbamates (subject to hydrolysis) is 1. The van der Waals surface area contributed by atoms with Gasteiger partial charge in [-0.3, -0.25) is 4.79 Å². The normalized spacial score (nSPS) is 12.5. The zero-order valence-electron chi connectivity index (χ0n) is 12.6. The maximum Gasteiger partial charge on any atom is 0.408 e. The topological polar surface area (TPSA) is 132 Å². The summed E-state index contributed by atoms with van der Waals surface area (Å²) in [5.41, 5.74) is 4.32. The predicted octanol–water partition coefficient (Wildman–Crippen LogP) is 1.67. The molecule has 1 heterocycles. The van der Waals surface area contributed by atoms with Crippen LogP contribution < -0.4 is 11.1 Å². The van der Waals surface area contributed by atoms with Crippen LogP contribution in [0.15, 0.2) is 5.38 Å². The Morgan fingerprint density at radius 3 is 2.55 bits per heavy atom. The van der Waals surface area contributed by atoms with E-state index < -0.39 is 29.6 Å². The second-order valence-corrected chi connectivity index (χ2v) is 6.47. The largest absolute Gasteiger partial charge is 0.476 e. The van der Waals surface area contributed by atoms with Crippen LogP contribution in [-0.2, 0) is 9.53 Å². The standard InChI is InChI=1S/C13H19N3O5S/c1-13(2,3)21-12(20)16-7(4-5-9(14)17)10-15-8(6-22-10)11(18)19/h6-7H,4-5H2,1-3H3,(H2,14,17)(H,16,20)(H,18,19)/t7-/m1/s1. The minimum absolute atomic E-state index is 0.0302. The van der Waals surface area contributed by atoms with Gasteiger partial charge in [0.05, 0.1) is 6.04 Å². The quantitative estimate of drug-likeness (QED) is 0.727. The van der Waals surface area contributed by atoms with Crippen LogP contribution in [0.2, 0.25) is 0 Å². The number of carbonyl (C=O) groups is 3. The highest BCUT2D eigenvalue weighted by atomic mass is 32.1. The molecule has 4 N–H and O–H groups in total. The van der Waals surface area contributed by atoms with Gasteiger partial charge in [0.1, 0.15) is 10.6 Å². The molecular weight excluding hydrogens is 310 g/mol. The third-order valence-electron chi connectivity index (χ3n) is 2.41. The van der Waals surface area contributed by atoms with Crippen molar-refractivity contribution in [2.45, 2.75) is 45.3 Å². The first-order chi connectivity index (χ1) is 10.1. The molecule has 9 heteroatoms. The zero-order chi connectivity index (χ0) is 16.9. The molecule has 1 rings (SSSR count). The van der Waals surface area contributed by atoms with Crippen LogP contribution >= 0.6 is 11.3 Å². The number of nitrogens with zero attached hydrogens (tertiary/aromatic N) is 1.